The number of rotatable bonds is 1. The fraction of sp³-hybridized carbons (Fsp3) is 0.500. The van der Waals surface area contributed by atoms with Gasteiger partial charge in [0, 0.05) is 0 Å². The van der Waals surface area contributed by atoms with Gasteiger partial charge in [0.05, 0.1) is 7.85 Å². The van der Waals surface area contributed by atoms with Crippen LogP contribution in [0, 0.1) is 0 Å². The highest BCUT2D eigenvalue weighted by Crippen LogP contribution is 2.30. The molecule has 0 aromatic heterocycles. The zero-order chi connectivity index (χ0) is 11.0. The molecule has 1 aromatic carbocycles. The monoisotopic (exact) mass is 204 g/mol. The normalized spacial score (nSPS) is 16.4. The summed E-state index contributed by atoms with van der Waals surface area (Å²) in [6, 6.07) is 8.49. The molecule has 2 radical (unpaired) electrons. The Bertz CT molecular complexity index is 289. The molecular weight excluding hydrogens is 186 g/mol. The smallest absolute Gasteiger partial charge is 0.0863 e. The predicted molar refractivity (Wildman–Crippen MR) is 68.0 cm³/mol. The minimum absolute atomic E-state index is 0.186. The van der Waals surface area contributed by atoms with Gasteiger partial charge in [0.2, 0.25) is 0 Å². The van der Waals surface area contributed by atoms with E-state index >= 15 is 0 Å². The molecule has 0 aliphatic rings. The van der Waals surface area contributed by atoms with E-state index in [1.165, 1.54) is 5.56 Å². The van der Waals surface area contributed by atoms with Crippen molar-refractivity contribution >= 4 is 17.1 Å². The molecule has 0 amide bonds. The maximum atomic E-state index is 6.03. The molecule has 2 unspecified atom stereocenters. The lowest BCUT2D eigenvalue weighted by Crippen LogP contribution is -2.16. The first-order valence-electron chi connectivity index (χ1n) is 4.90. The summed E-state index contributed by atoms with van der Waals surface area (Å²) in [5.74, 6) is 0. The molecule has 2 atom stereocenters. The summed E-state index contributed by atoms with van der Waals surface area (Å²) in [6.07, 6.45) is 0. The van der Waals surface area contributed by atoms with Gasteiger partial charge in [0.15, 0.2) is 0 Å². The van der Waals surface area contributed by atoms with E-state index < -0.39 is 0 Å². The van der Waals surface area contributed by atoms with Crippen LogP contribution in [0.4, 0.5) is 0 Å². The van der Waals surface area contributed by atoms with Gasteiger partial charge in [-0.1, -0.05) is 52.0 Å². The molecule has 0 heterocycles. The van der Waals surface area contributed by atoms with Crippen molar-refractivity contribution in [2.75, 3.05) is 0 Å². The standard InChI is InChI=1S/C12H18BP/c1-11(2,3)9-6-5-7-10(8-9)12(4,13)14/h5-8H,14H2,1-4H3. The van der Waals surface area contributed by atoms with Gasteiger partial charge in [0.1, 0.15) is 0 Å². The Hall–Kier alpha value is -0.285. The van der Waals surface area contributed by atoms with Crippen molar-refractivity contribution in [1.29, 1.82) is 0 Å². The summed E-state index contributed by atoms with van der Waals surface area (Å²) >= 11 is 0. The van der Waals surface area contributed by atoms with Crippen LogP contribution in [-0.2, 0) is 10.5 Å². The topological polar surface area (TPSA) is 0 Å². The molecule has 0 aliphatic heterocycles. The third-order valence-corrected chi connectivity index (χ3v) is 2.68. The summed E-state index contributed by atoms with van der Waals surface area (Å²) in [7, 11) is 8.70. The van der Waals surface area contributed by atoms with E-state index in [4.69, 9.17) is 7.85 Å². The van der Waals surface area contributed by atoms with Crippen molar-refractivity contribution in [2.24, 2.45) is 0 Å². The summed E-state index contributed by atoms with van der Waals surface area (Å²) in [5.41, 5.74) is 2.68. The Labute approximate surface area is 91.1 Å². The van der Waals surface area contributed by atoms with E-state index in [2.05, 4.69) is 54.3 Å². The Morgan fingerprint density at radius 3 is 2.00 bits per heavy atom. The van der Waals surface area contributed by atoms with Crippen LogP contribution in [0.2, 0.25) is 0 Å². The first kappa shape index (κ1) is 11.8. The average molecular weight is 204 g/mol. The van der Waals surface area contributed by atoms with E-state index in [0.29, 0.717) is 0 Å². The molecule has 0 aliphatic carbocycles. The molecule has 0 spiro atoms. The van der Waals surface area contributed by atoms with Gasteiger partial charge in [-0.3, -0.25) is 0 Å². The second-order valence-electron chi connectivity index (χ2n) is 5.11. The first-order chi connectivity index (χ1) is 6.21. The molecule has 0 bridgehead atoms. The molecule has 0 saturated carbocycles. The lowest BCUT2D eigenvalue weighted by Gasteiger charge is -2.24. The number of hydrogen-bond donors (Lipinski definition) is 0. The second-order valence-corrected chi connectivity index (χ2v) is 6.31. The molecule has 0 fully saturated rings. The van der Waals surface area contributed by atoms with Gasteiger partial charge < -0.3 is 0 Å². The first-order valence-corrected chi connectivity index (χ1v) is 5.48. The quantitative estimate of drug-likeness (QED) is 0.486. The van der Waals surface area contributed by atoms with Gasteiger partial charge in [-0.05, 0) is 21.6 Å². The van der Waals surface area contributed by atoms with Gasteiger partial charge in [0.25, 0.3) is 0 Å². The van der Waals surface area contributed by atoms with E-state index in [1.54, 1.807) is 0 Å². The highest BCUT2D eigenvalue weighted by Gasteiger charge is 2.18. The van der Waals surface area contributed by atoms with Gasteiger partial charge in [-0.25, -0.2) is 0 Å². The molecule has 0 saturated heterocycles. The maximum Gasteiger partial charge on any atom is 0.0863 e. The van der Waals surface area contributed by atoms with Crippen molar-refractivity contribution in [3.05, 3.63) is 35.4 Å². The highest BCUT2D eigenvalue weighted by molar-refractivity contribution is 7.21. The summed E-state index contributed by atoms with van der Waals surface area (Å²) < 4.78 is 0. The largest absolute Gasteiger partial charge is 0.136 e. The van der Waals surface area contributed by atoms with Crippen LogP contribution in [0.15, 0.2) is 24.3 Å². The predicted octanol–water partition coefficient (Wildman–Crippen LogP) is 3.20. The van der Waals surface area contributed by atoms with Gasteiger partial charge >= 0.3 is 0 Å². The van der Waals surface area contributed by atoms with Crippen molar-refractivity contribution < 1.29 is 0 Å². The minimum Gasteiger partial charge on any atom is -0.136 e. The van der Waals surface area contributed by atoms with E-state index in [-0.39, 0.29) is 10.5 Å². The molecule has 1 aromatic rings. The number of hydrogen-bond acceptors (Lipinski definition) is 0. The van der Waals surface area contributed by atoms with E-state index in [1.807, 2.05) is 6.92 Å². The third kappa shape index (κ3) is 2.85. The fourth-order valence-electron chi connectivity index (χ4n) is 1.32. The van der Waals surface area contributed by atoms with Crippen molar-refractivity contribution in [1.82, 2.24) is 0 Å². The third-order valence-electron chi connectivity index (χ3n) is 2.35. The van der Waals surface area contributed by atoms with Gasteiger partial charge in [-0.2, -0.15) is 0 Å². The molecule has 1 rings (SSSR count). The fourth-order valence-corrected chi connectivity index (χ4v) is 1.50. The zero-order valence-electron chi connectivity index (χ0n) is 9.46. The van der Waals surface area contributed by atoms with Crippen LogP contribution in [0.25, 0.3) is 0 Å². The average Bonchev–Trinajstić information content (AvgIpc) is 2.01. The lowest BCUT2D eigenvalue weighted by molar-refractivity contribution is 0.589. The van der Waals surface area contributed by atoms with Gasteiger partial charge in [-0.15, -0.1) is 9.24 Å². The molecule has 0 N–H and O–H groups in total. The van der Waals surface area contributed by atoms with E-state index in [0.717, 1.165) is 5.56 Å². The lowest BCUT2D eigenvalue weighted by atomic mass is 9.78. The SMILES string of the molecule is [B]C(C)(P)c1cccc(C(C)(C)C)c1. The number of benzene rings is 1. The summed E-state index contributed by atoms with van der Waals surface area (Å²) in [6.45, 7) is 8.63. The van der Waals surface area contributed by atoms with Crippen LogP contribution >= 0.6 is 9.24 Å². The molecule has 0 nitrogen and oxygen atoms in total. The Kier molecular flexibility index (Phi) is 3.12. The second kappa shape index (κ2) is 3.70. The Balaban J connectivity index is 3.15. The van der Waals surface area contributed by atoms with E-state index in [9.17, 15) is 0 Å². The highest BCUT2D eigenvalue weighted by atomic mass is 31.0. The Morgan fingerprint density at radius 1 is 1.07 bits per heavy atom. The zero-order valence-corrected chi connectivity index (χ0v) is 10.6. The minimum atomic E-state index is -0.332. The van der Waals surface area contributed by atoms with Crippen LogP contribution in [0.3, 0.4) is 0 Å². The van der Waals surface area contributed by atoms with Crippen molar-refractivity contribution in [3.63, 3.8) is 0 Å². The maximum absolute atomic E-state index is 6.03. The van der Waals surface area contributed by atoms with Crippen LogP contribution in [0.5, 0.6) is 0 Å². The Morgan fingerprint density at radius 2 is 1.57 bits per heavy atom. The summed E-state index contributed by atoms with van der Waals surface area (Å²) in [4.78, 5) is 0. The van der Waals surface area contributed by atoms with Crippen LogP contribution in [-0.4, -0.2) is 7.85 Å². The molecule has 74 valence electrons. The van der Waals surface area contributed by atoms with Crippen molar-refractivity contribution in [3.8, 4) is 0 Å². The molecule has 14 heavy (non-hydrogen) atoms. The summed E-state index contributed by atoms with van der Waals surface area (Å²) in [5, 5.41) is -0.332. The molecular formula is C12H18BP. The van der Waals surface area contributed by atoms with Crippen LogP contribution < -0.4 is 0 Å². The van der Waals surface area contributed by atoms with Crippen LogP contribution in [0.1, 0.15) is 38.8 Å². The van der Waals surface area contributed by atoms with Crippen molar-refractivity contribution in [2.45, 2.75) is 38.2 Å². The molecule has 2 heteroatoms.